The summed E-state index contributed by atoms with van der Waals surface area (Å²) < 4.78 is 26.2. The van der Waals surface area contributed by atoms with Gasteiger partial charge in [-0.05, 0) is 20.3 Å². The highest BCUT2D eigenvalue weighted by Gasteiger charge is 2.23. The van der Waals surface area contributed by atoms with Gasteiger partial charge in [-0.3, -0.25) is 0 Å². The second-order valence-corrected chi connectivity index (χ2v) is 7.23. The molecule has 0 aliphatic rings. The molecule has 0 spiro atoms. The van der Waals surface area contributed by atoms with Gasteiger partial charge in [0.2, 0.25) is 10.0 Å². The Labute approximate surface area is 106 Å². The molecule has 0 saturated carbocycles. The second kappa shape index (κ2) is 5.90. The largest absolute Gasteiger partial charge is 0.329 e. The molecule has 98 valence electrons. The lowest BCUT2D eigenvalue weighted by Gasteiger charge is -2.15. The number of nitrogens with zero attached hydrogens (tertiary/aromatic N) is 1. The average Bonchev–Trinajstić information content (AvgIpc) is 2.75. The molecule has 1 aromatic heterocycles. The Morgan fingerprint density at radius 2 is 2.18 bits per heavy atom. The van der Waals surface area contributed by atoms with Crippen molar-refractivity contribution in [3.8, 4) is 0 Å². The normalized spacial score (nSPS) is 15.8. The van der Waals surface area contributed by atoms with E-state index < -0.39 is 15.3 Å². The minimum absolute atomic E-state index is 0.111. The maximum Gasteiger partial charge on any atom is 0.216 e. The summed E-state index contributed by atoms with van der Waals surface area (Å²) in [5, 5.41) is 0.199. The van der Waals surface area contributed by atoms with Gasteiger partial charge < -0.3 is 5.73 Å². The van der Waals surface area contributed by atoms with Crippen LogP contribution >= 0.6 is 11.3 Å². The summed E-state index contributed by atoms with van der Waals surface area (Å²) in [6.07, 6.45) is 2.70. The van der Waals surface area contributed by atoms with E-state index in [0.29, 0.717) is 0 Å². The van der Waals surface area contributed by atoms with E-state index in [9.17, 15) is 8.42 Å². The zero-order valence-corrected chi connectivity index (χ0v) is 11.9. The molecule has 0 aromatic carbocycles. The highest BCUT2D eigenvalue weighted by molar-refractivity contribution is 7.90. The average molecular weight is 277 g/mol. The number of nitrogens with one attached hydrogen (secondary N) is 1. The molecule has 17 heavy (non-hydrogen) atoms. The lowest BCUT2D eigenvalue weighted by Crippen LogP contribution is -2.38. The Balaban J connectivity index is 2.75. The summed E-state index contributed by atoms with van der Waals surface area (Å²) >= 11 is 1.53. The maximum absolute atomic E-state index is 11.8. The van der Waals surface area contributed by atoms with Crippen LogP contribution in [0.1, 0.15) is 36.7 Å². The molecular formula is C10H19N3O2S2. The fourth-order valence-corrected chi connectivity index (χ4v) is 3.25. The zero-order chi connectivity index (χ0) is 13.1. The Morgan fingerprint density at radius 1 is 1.53 bits per heavy atom. The van der Waals surface area contributed by atoms with Gasteiger partial charge in [0.1, 0.15) is 5.01 Å². The first kappa shape index (κ1) is 14.6. The number of aryl methyl sites for hydroxylation is 1. The highest BCUT2D eigenvalue weighted by atomic mass is 32.2. The van der Waals surface area contributed by atoms with Gasteiger partial charge in [-0.15, -0.1) is 11.3 Å². The Kier molecular flexibility index (Phi) is 5.05. The van der Waals surface area contributed by atoms with Crippen LogP contribution in [0.2, 0.25) is 0 Å². The molecule has 0 radical (unpaired) electrons. The predicted molar refractivity (Wildman–Crippen MR) is 70.5 cm³/mol. The number of hydrogen-bond donors (Lipinski definition) is 2. The van der Waals surface area contributed by atoms with Gasteiger partial charge in [0.15, 0.2) is 0 Å². The fourth-order valence-electron chi connectivity index (χ4n) is 1.23. The molecule has 1 rings (SSSR count). The van der Waals surface area contributed by atoms with Crippen LogP contribution in [0.15, 0.2) is 6.20 Å². The third-order valence-corrected chi connectivity index (χ3v) is 5.75. The van der Waals surface area contributed by atoms with Gasteiger partial charge in [-0.1, -0.05) is 6.92 Å². The van der Waals surface area contributed by atoms with Gasteiger partial charge in [0.05, 0.1) is 11.3 Å². The molecule has 2 unspecified atom stereocenters. The van der Waals surface area contributed by atoms with Gasteiger partial charge in [0, 0.05) is 17.6 Å². The van der Waals surface area contributed by atoms with E-state index in [2.05, 4.69) is 9.71 Å². The molecule has 0 bridgehead atoms. The van der Waals surface area contributed by atoms with Crippen molar-refractivity contribution in [2.75, 3.05) is 6.54 Å². The highest BCUT2D eigenvalue weighted by Crippen LogP contribution is 2.21. The van der Waals surface area contributed by atoms with E-state index in [4.69, 9.17) is 5.73 Å². The van der Waals surface area contributed by atoms with Crippen LogP contribution in [0.4, 0.5) is 0 Å². The molecule has 0 aliphatic carbocycles. The molecular weight excluding hydrogens is 258 g/mol. The third-order valence-electron chi connectivity index (χ3n) is 2.49. The maximum atomic E-state index is 11.8. The molecule has 0 saturated heterocycles. The SMILES string of the molecule is CCc1cnc(C(C)NS(=O)(=O)C(C)CN)s1. The molecule has 0 fully saturated rings. The number of aromatic nitrogens is 1. The summed E-state index contributed by atoms with van der Waals surface area (Å²) in [6, 6.07) is -0.306. The predicted octanol–water partition coefficient (Wildman–Crippen LogP) is 1.03. The van der Waals surface area contributed by atoms with Crippen LogP contribution in [-0.4, -0.2) is 25.2 Å². The summed E-state index contributed by atoms with van der Waals surface area (Å²) in [5.74, 6) is 0. The third kappa shape index (κ3) is 3.74. The first-order chi connectivity index (χ1) is 7.90. The van der Waals surface area contributed by atoms with Crippen molar-refractivity contribution >= 4 is 21.4 Å². The first-order valence-corrected chi connectivity index (χ1v) is 7.92. The van der Waals surface area contributed by atoms with E-state index >= 15 is 0 Å². The van der Waals surface area contributed by atoms with Crippen molar-refractivity contribution in [3.05, 3.63) is 16.1 Å². The second-order valence-electron chi connectivity index (χ2n) is 3.95. The van der Waals surface area contributed by atoms with Crippen molar-refractivity contribution in [1.29, 1.82) is 0 Å². The van der Waals surface area contributed by atoms with Gasteiger partial charge in [-0.2, -0.15) is 0 Å². The minimum Gasteiger partial charge on any atom is -0.329 e. The van der Waals surface area contributed by atoms with E-state index in [1.165, 1.54) is 11.3 Å². The van der Waals surface area contributed by atoms with Crippen LogP contribution in [0.3, 0.4) is 0 Å². The Hall–Kier alpha value is -0.500. The Morgan fingerprint density at radius 3 is 2.65 bits per heavy atom. The van der Waals surface area contributed by atoms with Crippen LogP contribution in [0.25, 0.3) is 0 Å². The molecule has 0 amide bonds. The van der Waals surface area contributed by atoms with E-state index in [0.717, 1.165) is 16.3 Å². The molecule has 0 aliphatic heterocycles. The van der Waals surface area contributed by atoms with E-state index in [1.807, 2.05) is 6.92 Å². The molecule has 2 atom stereocenters. The molecule has 1 aromatic rings. The monoisotopic (exact) mass is 277 g/mol. The summed E-state index contributed by atoms with van der Waals surface area (Å²) in [6.45, 7) is 5.54. The van der Waals surface area contributed by atoms with Crippen molar-refractivity contribution in [2.24, 2.45) is 5.73 Å². The Bertz CT molecular complexity index is 456. The van der Waals surface area contributed by atoms with Crippen LogP contribution in [0, 0.1) is 0 Å². The van der Waals surface area contributed by atoms with E-state index in [-0.39, 0.29) is 12.6 Å². The standard InChI is InChI=1S/C10H19N3O2S2/c1-4-9-6-12-10(16-9)8(3)13-17(14,15)7(2)5-11/h6-8,13H,4-5,11H2,1-3H3. The number of sulfonamides is 1. The molecule has 1 heterocycles. The number of thiazole rings is 1. The lowest BCUT2D eigenvalue weighted by atomic mass is 10.4. The van der Waals surface area contributed by atoms with E-state index in [1.54, 1.807) is 20.0 Å². The summed E-state index contributed by atoms with van der Waals surface area (Å²) in [4.78, 5) is 5.37. The smallest absolute Gasteiger partial charge is 0.216 e. The molecule has 3 N–H and O–H groups in total. The van der Waals surface area contributed by atoms with Crippen molar-refractivity contribution in [2.45, 2.75) is 38.5 Å². The summed E-state index contributed by atoms with van der Waals surface area (Å²) in [5.41, 5.74) is 5.37. The number of nitrogens with two attached hydrogens (primary N) is 1. The van der Waals surface area contributed by atoms with Crippen LogP contribution < -0.4 is 10.5 Å². The summed E-state index contributed by atoms with van der Waals surface area (Å²) in [7, 11) is -3.36. The van der Waals surface area contributed by atoms with Gasteiger partial charge >= 0.3 is 0 Å². The minimum atomic E-state index is -3.36. The number of hydrogen-bond acceptors (Lipinski definition) is 5. The molecule has 5 nitrogen and oxygen atoms in total. The van der Waals surface area contributed by atoms with Crippen LogP contribution in [0.5, 0.6) is 0 Å². The van der Waals surface area contributed by atoms with Gasteiger partial charge in [0.25, 0.3) is 0 Å². The fraction of sp³-hybridized carbons (Fsp3) is 0.700. The molecule has 7 heteroatoms. The van der Waals surface area contributed by atoms with Crippen LogP contribution in [-0.2, 0) is 16.4 Å². The van der Waals surface area contributed by atoms with Crippen molar-refractivity contribution < 1.29 is 8.42 Å². The van der Waals surface area contributed by atoms with Gasteiger partial charge in [-0.25, -0.2) is 18.1 Å². The zero-order valence-electron chi connectivity index (χ0n) is 10.3. The topological polar surface area (TPSA) is 85.1 Å². The van der Waals surface area contributed by atoms with Crippen molar-refractivity contribution in [3.63, 3.8) is 0 Å². The first-order valence-electron chi connectivity index (χ1n) is 5.56. The number of rotatable bonds is 6. The van der Waals surface area contributed by atoms with Crippen molar-refractivity contribution in [1.82, 2.24) is 9.71 Å². The lowest BCUT2D eigenvalue weighted by molar-refractivity contribution is 0.554. The quantitative estimate of drug-likeness (QED) is 0.813.